The largest absolute Gasteiger partial charge is 0.354 e. The molecule has 2 aromatic heterocycles. The molecule has 1 amide bonds. The van der Waals surface area contributed by atoms with Gasteiger partial charge in [-0.25, -0.2) is 8.42 Å². The molecule has 0 unspecified atom stereocenters. The fourth-order valence-corrected chi connectivity index (χ4v) is 4.26. The van der Waals surface area contributed by atoms with E-state index in [1.165, 1.54) is 30.5 Å². The molecule has 0 atom stereocenters. The van der Waals surface area contributed by atoms with Crippen molar-refractivity contribution in [1.29, 1.82) is 0 Å². The summed E-state index contributed by atoms with van der Waals surface area (Å²) >= 11 is 1.41. The van der Waals surface area contributed by atoms with Gasteiger partial charge in [0.05, 0.1) is 0 Å². The Morgan fingerprint density at radius 1 is 1.24 bits per heavy atom. The number of aryl methyl sites for hydroxylation is 2. The normalized spacial score (nSPS) is 11.2. The highest BCUT2D eigenvalue weighted by atomic mass is 32.2. The molecule has 0 saturated heterocycles. The summed E-state index contributed by atoms with van der Waals surface area (Å²) in [4.78, 5) is 13.2. The lowest BCUT2D eigenvalue weighted by molar-refractivity contribution is 0.0957. The number of nitrogens with zero attached hydrogens (tertiary/aromatic N) is 2. The zero-order valence-corrected chi connectivity index (χ0v) is 13.3. The minimum absolute atomic E-state index is 0.0610. The molecule has 0 spiro atoms. The van der Waals surface area contributed by atoms with Gasteiger partial charge in [-0.1, -0.05) is 0 Å². The van der Waals surface area contributed by atoms with Crippen molar-refractivity contribution in [3.05, 3.63) is 33.6 Å². The molecule has 0 bridgehead atoms. The predicted molar refractivity (Wildman–Crippen MR) is 80.0 cm³/mol. The molecule has 0 radical (unpaired) electrons. The third kappa shape index (κ3) is 3.37. The first-order valence-corrected chi connectivity index (χ1v) is 8.29. The first-order chi connectivity index (χ1) is 9.83. The van der Waals surface area contributed by atoms with Crippen molar-refractivity contribution in [2.45, 2.75) is 18.7 Å². The van der Waals surface area contributed by atoms with E-state index >= 15 is 0 Å². The first kappa shape index (κ1) is 15.4. The molecular weight excluding hydrogens is 312 g/mol. The SMILES string of the molecule is CNC(=O)c1ccc(NS(=O)(=O)c2cc(C)sc2C)nn1. The summed E-state index contributed by atoms with van der Waals surface area (Å²) in [6, 6.07) is 4.40. The van der Waals surface area contributed by atoms with Crippen LogP contribution in [0.25, 0.3) is 0 Å². The van der Waals surface area contributed by atoms with Crippen LogP contribution in [0.3, 0.4) is 0 Å². The van der Waals surface area contributed by atoms with E-state index in [1.54, 1.807) is 13.0 Å². The molecule has 112 valence electrons. The number of anilines is 1. The topological polar surface area (TPSA) is 101 Å². The molecule has 0 aliphatic carbocycles. The van der Waals surface area contributed by atoms with Gasteiger partial charge in [0.25, 0.3) is 15.9 Å². The maximum Gasteiger partial charge on any atom is 0.271 e. The fourth-order valence-electron chi connectivity index (χ4n) is 1.70. The average Bonchev–Trinajstić information content (AvgIpc) is 2.78. The molecule has 2 N–H and O–H groups in total. The summed E-state index contributed by atoms with van der Waals surface area (Å²) < 4.78 is 26.9. The minimum Gasteiger partial charge on any atom is -0.354 e. The Morgan fingerprint density at radius 3 is 2.43 bits per heavy atom. The molecular formula is C12H14N4O3S2. The van der Waals surface area contributed by atoms with Crippen molar-refractivity contribution in [3.63, 3.8) is 0 Å². The van der Waals surface area contributed by atoms with Gasteiger partial charge in [-0.15, -0.1) is 21.5 Å². The third-order valence-corrected chi connectivity index (χ3v) is 5.22. The smallest absolute Gasteiger partial charge is 0.271 e. The molecule has 7 nitrogen and oxygen atoms in total. The van der Waals surface area contributed by atoms with Crippen molar-refractivity contribution in [2.24, 2.45) is 0 Å². The van der Waals surface area contributed by atoms with Gasteiger partial charge in [-0.3, -0.25) is 9.52 Å². The second-order valence-electron chi connectivity index (χ2n) is 4.27. The molecule has 0 aliphatic rings. The van der Waals surface area contributed by atoms with Gasteiger partial charge in [-0.05, 0) is 32.0 Å². The zero-order valence-electron chi connectivity index (χ0n) is 11.7. The average molecular weight is 326 g/mol. The highest BCUT2D eigenvalue weighted by molar-refractivity contribution is 7.93. The number of hydrogen-bond acceptors (Lipinski definition) is 6. The fraction of sp³-hybridized carbons (Fsp3) is 0.250. The van der Waals surface area contributed by atoms with Crippen LogP contribution in [0.2, 0.25) is 0 Å². The summed E-state index contributed by atoms with van der Waals surface area (Å²) in [5.41, 5.74) is 0.114. The van der Waals surface area contributed by atoms with Gasteiger partial charge < -0.3 is 5.32 Å². The summed E-state index contributed by atoms with van der Waals surface area (Å²) in [5, 5.41) is 9.77. The summed E-state index contributed by atoms with van der Waals surface area (Å²) in [7, 11) is -2.23. The number of carbonyl (C=O) groups excluding carboxylic acids is 1. The maximum atomic E-state index is 12.3. The second kappa shape index (κ2) is 5.78. The lowest BCUT2D eigenvalue weighted by atomic mass is 10.4. The van der Waals surface area contributed by atoms with E-state index in [1.807, 2.05) is 6.92 Å². The van der Waals surface area contributed by atoms with E-state index in [0.29, 0.717) is 4.88 Å². The molecule has 2 heterocycles. The number of aromatic nitrogens is 2. The second-order valence-corrected chi connectivity index (χ2v) is 7.38. The molecule has 0 aliphatic heterocycles. The van der Waals surface area contributed by atoms with Gasteiger partial charge in [0.2, 0.25) is 0 Å². The monoisotopic (exact) mass is 326 g/mol. The maximum absolute atomic E-state index is 12.3. The van der Waals surface area contributed by atoms with E-state index < -0.39 is 10.0 Å². The number of amides is 1. The molecule has 9 heteroatoms. The van der Waals surface area contributed by atoms with E-state index in [9.17, 15) is 13.2 Å². The standard InChI is InChI=1S/C12H14N4O3S2/c1-7-6-10(8(2)20-7)21(18,19)16-11-5-4-9(14-15-11)12(17)13-3/h4-6H,1-3H3,(H,13,17)(H,15,16). The van der Waals surface area contributed by atoms with Gasteiger partial charge in [-0.2, -0.15) is 0 Å². The van der Waals surface area contributed by atoms with Gasteiger partial charge >= 0.3 is 0 Å². The van der Waals surface area contributed by atoms with Crippen LogP contribution in [0.5, 0.6) is 0 Å². The van der Waals surface area contributed by atoms with Crippen molar-refractivity contribution >= 4 is 33.1 Å². The molecule has 21 heavy (non-hydrogen) atoms. The van der Waals surface area contributed by atoms with E-state index in [2.05, 4.69) is 20.2 Å². The number of rotatable bonds is 4. The van der Waals surface area contributed by atoms with Crippen LogP contribution in [-0.2, 0) is 10.0 Å². The van der Waals surface area contributed by atoms with Crippen LogP contribution >= 0.6 is 11.3 Å². The Kier molecular flexibility index (Phi) is 4.24. The van der Waals surface area contributed by atoms with Crippen molar-refractivity contribution in [3.8, 4) is 0 Å². The Bertz CT molecular complexity index is 766. The quantitative estimate of drug-likeness (QED) is 0.882. The zero-order chi connectivity index (χ0) is 15.6. The lowest BCUT2D eigenvalue weighted by Gasteiger charge is -2.06. The highest BCUT2D eigenvalue weighted by Crippen LogP contribution is 2.26. The number of thiophene rings is 1. The number of hydrogen-bond donors (Lipinski definition) is 2. The summed E-state index contributed by atoms with van der Waals surface area (Å²) in [5.74, 6) is -0.327. The van der Waals surface area contributed by atoms with E-state index in [4.69, 9.17) is 0 Å². The van der Waals surface area contributed by atoms with Crippen LogP contribution in [-0.4, -0.2) is 31.6 Å². The summed E-state index contributed by atoms with van der Waals surface area (Å²) in [6.07, 6.45) is 0. The molecule has 2 aromatic rings. The Balaban J connectivity index is 2.25. The van der Waals surface area contributed by atoms with Crippen LogP contribution in [0, 0.1) is 13.8 Å². The number of nitrogens with one attached hydrogen (secondary N) is 2. The third-order valence-electron chi connectivity index (χ3n) is 2.65. The number of carbonyl (C=O) groups is 1. The Morgan fingerprint density at radius 2 is 1.95 bits per heavy atom. The van der Waals surface area contributed by atoms with Crippen molar-refractivity contribution in [1.82, 2.24) is 15.5 Å². The molecule has 0 saturated carbocycles. The Labute approximate surface area is 126 Å². The lowest BCUT2D eigenvalue weighted by Crippen LogP contribution is -2.20. The van der Waals surface area contributed by atoms with Crippen LogP contribution in [0.15, 0.2) is 23.1 Å². The van der Waals surface area contributed by atoms with Gasteiger partial charge in [0.15, 0.2) is 11.5 Å². The first-order valence-electron chi connectivity index (χ1n) is 5.99. The highest BCUT2D eigenvalue weighted by Gasteiger charge is 2.20. The Hall–Kier alpha value is -2.00. The molecule has 0 aromatic carbocycles. The summed E-state index contributed by atoms with van der Waals surface area (Å²) in [6.45, 7) is 3.58. The van der Waals surface area contributed by atoms with Crippen LogP contribution < -0.4 is 10.0 Å². The molecule has 0 fully saturated rings. The van der Waals surface area contributed by atoms with Gasteiger partial charge in [0, 0.05) is 16.8 Å². The number of sulfonamides is 1. The minimum atomic E-state index is -3.70. The van der Waals surface area contributed by atoms with Gasteiger partial charge in [0.1, 0.15) is 4.90 Å². The van der Waals surface area contributed by atoms with E-state index in [0.717, 1.165) is 4.88 Å². The predicted octanol–water partition coefficient (Wildman–Crippen LogP) is 1.32. The van der Waals surface area contributed by atoms with E-state index in [-0.39, 0.29) is 22.3 Å². The van der Waals surface area contributed by atoms with Crippen LogP contribution in [0.1, 0.15) is 20.2 Å². The van der Waals surface area contributed by atoms with Crippen molar-refractivity contribution in [2.75, 3.05) is 11.8 Å². The van der Waals surface area contributed by atoms with Crippen molar-refractivity contribution < 1.29 is 13.2 Å². The molecule has 2 rings (SSSR count). The van der Waals surface area contributed by atoms with Crippen LogP contribution in [0.4, 0.5) is 5.82 Å².